The molecule has 0 unspecified atom stereocenters. The van der Waals surface area contributed by atoms with Gasteiger partial charge in [0.05, 0.1) is 11.1 Å². The first-order valence-corrected chi connectivity index (χ1v) is 21.8. The van der Waals surface area contributed by atoms with Crippen LogP contribution < -0.4 is 4.90 Å². The third-order valence-corrected chi connectivity index (χ3v) is 13.5. The summed E-state index contributed by atoms with van der Waals surface area (Å²) in [6, 6.07) is 86.4. The highest BCUT2D eigenvalue weighted by atomic mass is 16.3. The minimum absolute atomic E-state index is 0.416. The molecule has 63 heavy (non-hydrogen) atoms. The van der Waals surface area contributed by atoms with Crippen molar-refractivity contribution in [2.24, 2.45) is 0 Å². The van der Waals surface area contributed by atoms with Gasteiger partial charge in [0.25, 0.3) is 0 Å². The van der Waals surface area contributed by atoms with Crippen LogP contribution in [0.1, 0.15) is 22.3 Å². The molecule has 0 atom stereocenters. The Morgan fingerprint density at radius 1 is 0.317 bits per heavy atom. The lowest BCUT2D eigenvalue weighted by atomic mass is 9.70. The molecule has 0 bridgehead atoms. The monoisotopic (exact) mass is 801 g/mol. The van der Waals surface area contributed by atoms with Crippen LogP contribution in [0.5, 0.6) is 0 Å². The van der Waals surface area contributed by atoms with E-state index in [0.29, 0.717) is 0 Å². The molecular formula is C61H39NO. The fourth-order valence-corrected chi connectivity index (χ4v) is 10.9. The van der Waals surface area contributed by atoms with Crippen LogP contribution in [0.3, 0.4) is 0 Å². The fourth-order valence-electron chi connectivity index (χ4n) is 10.9. The predicted octanol–water partition coefficient (Wildman–Crippen LogP) is 16.4. The van der Waals surface area contributed by atoms with Crippen molar-refractivity contribution in [3.63, 3.8) is 0 Å². The normalized spacial score (nSPS) is 12.9. The Balaban J connectivity index is 1.08. The first-order valence-electron chi connectivity index (χ1n) is 21.8. The molecule has 1 aromatic heterocycles. The van der Waals surface area contributed by atoms with E-state index in [1.54, 1.807) is 0 Å². The van der Waals surface area contributed by atoms with E-state index in [1.807, 2.05) is 6.07 Å². The van der Waals surface area contributed by atoms with Crippen molar-refractivity contribution in [1.82, 2.24) is 0 Å². The Labute approximate surface area is 366 Å². The summed E-state index contributed by atoms with van der Waals surface area (Å²) < 4.78 is 6.72. The minimum atomic E-state index is -0.416. The van der Waals surface area contributed by atoms with Gasteiger partial charge >= 0.3 is 0 Å². The summed E-state index contributed by atoms with van der Waals surface area (Å²) in [7, 11) is 0. The van der Waals surface area contributed by atoms with Gasteiger partial charge in [-0.2, -0.15) is 0 Å². The number of fused-ring (bicyclic) bond motifs is 13. The second-order valence-corrected chi connectivity index (χ2v) is 16.7. The molecule has 0 radical (unpaired) electrons. The molecule has 2 heteroatoms. The molecule has 2 nitrogen and oxygen atoms in total. The first-order chi connectivity index (χ1) is 31.3. The molecule has 2 aliphatic carbocycles. The van der Waals surface area contributed by atoms with Gasteiger partial charge in [0.15, 0.2) is 0 Å². The lowest BCUT2D eigenvalue weighted by molar-refractivity contribution is 0.670. The van der Waals surface area contributed by atoms with E-state index < -0.39 is 5.41 Å². The predicted molar refractivity (Wildman–Crippen MR) is 261 cm³/mol. The summed E-state index contributed by atoms with van der Waals surface area (Å²) in [5, 5.41) is 2.23. The average molecular weight is 802 g/mol. The smallest absolute Gasteiger partial charge is 0.143 e. The van der Waals surface area contributed by atoms with Gasteiger partial charge in [-0.15, -0.1) is 0 Å². The zero-order chi connectivity index (χ0) is 41.5. The summed E-state index contributed by atoms with van der Waals surface area (Å²) in [5.74, 6) is 0. The first kappa shape index (κ1) is 35.5. The van der Waals surface area contributed by atoms with Gasteiger partial charge in [0, 0.05) is 33.3 Å². The van der Waals surface area contributed by atoms with Gasteiger partial charge < -0.3 is 9.32 Å². The van der Waals surface area contributed by atoms with Crippen LogP contribution in [-0.4, -0.2) is 0 Å². The van der Waals surface area contributed by atoms with E-state index in [4.69, 9.17) is 4.42 Å². The molecule has 0 N–H and O–H groups in total. The molecule has 0 saturated heterocycles. The average Bonchev–Trinajstić information content (AvgIpc) is 3.99. The van der Waals surface area contributed by atoms with Crippen molar-refractivity contribution < 1.29 is 4.42 Å². The third-order valence-electron chi connectivity index (χ3n) is 13.5. The molecule has 0 saturated carbocycles. The van der Waals surface area contributed by atoms with Crippen LogP contribution in [0.15, 0.2) is 241 Å². The molecule has 0 amide bonds. The highest BCUT2D eigenvalue weighted by Gasteiger charge is 2.51. The Morgan fingerprint density at radius 3 is 1.51 bits per heavy atom. The Hall–Kier alpha value is -8.20. The van der Waals surface area contributed by atoms with Gasteiger partial charge in [-0.1, -0.05) is 200 Å². The summed E-state index contributed by atoms with van der Waals surface area (Å²) in [4.78, 5) is 2.46. The molecular weight excluding hydrogens is 763 g/mol. The summed E-state index contributed by atoms with van der Waals surface area (Å²) in [6.45, 7) is 0. The van der Waals surface area contributed by atoms with Gasteiger partial charge in [0.1, 0.15) is 11.2 Å². The standard InChI is InChI=1S/C61H39NO/c1-3-17-40(18-4-1)41-33-35-43(36-34-41)62(57-31-16-25-49(59(57)42-19-5-2-6-20-42)51-27-15-26-50-48-24-10-14-32-58(48)63-60(50)51)44-37-38-56-52(39-44)47-23-9-13-30-55(47)61(56)53-28-11-7-21-45(53)46-22-8-12-29-54(46)61/h1-39H. The maximum Gasteiger partial charge on any atom is 0.143 e. The molecule has 1 spiro atoms. The Morgan fingerprint density at radius 2 is 0.810 bits per heavy atom. The van der Waals surface area contributed by atoms with E-state index >= 15 is 0 Å². The van der Waals surface area contributed by atoms with Gasteiger partial charge in [0.2, 0.25) is 0 Å². The molecule has 11 aromatic rings. The molecule has 0 fully saturated rings. The number of rotatable bonds is 6. The topological polar surface area (TPSA) is 16.4 Å². The number of anilines is 3. The van der Waals surface area contributed by atoms with Crippen LogP contribution >= 0.6 is 0 Å². The SMILES string of the molecule is c1ccc(-c2ccc(N(c3ccc4c(c3)-c3ccccc3C43c4ccccc4-c4ccccc43)c3cccc(-c4cccc5c4oc4ccccc45)c3-c3ccccc3)cc2)cc1. The summed E-state index contributed by atoms with van der Waals surface area (Å²) in [5.41, 5.74) is 21.9. The summed E-state index contributed by atoms with van der Waals surface area (Å²) >= 11 is 0. The largest absolute Gasteiger partial charge is 0.455 e. The Bertz CT molecular complexity index is 3520. The second kappa shape index (κ2) is 13.9. The van der Waals surface area contributed by atoms with Crippen molar-refractivity contribution in [2.45, 2.75) is 5.41 Å². The second-order valence-electron chi connectivity index (χ2n) is 16.7. The summed E-state index contributed by atoms with van der Waals surface area (Å²) in [6.07, 6.45) is 0. The Kier molecular flexibility index (Phi) is 7.85. The number of nitrogens with zero attached hydrogens (tertiary/aromatic N) is 1. The lowest BCUT2D eigenvalue weighted by Crippen LogP contribution is -2.25. The van der Waals surface area contributed by atoms with E-state index in [9.17, 15) is 0 Å². The van der Waals surface area contributed by atoms with Crippen molar-refractivity contribution in [3.05, 3.63) is 259 Å². The lowest BCUT2D eigenvalue weighted by Gasteiger charge is -2.32. The quantitative estimate of drug-likeness (QED) is 0.167. The van der Waals surface area contributed by atoms with Crippen LogP contribution in [0.25, 0.3) is 77.6 Å². The number of furan rings is 1. The number of hydrogen-bond donors (Lipinski definition) is 0. The fraction of sp³-hybridized carbons (Fsp3) is 0.0164. The van der Waals surface area contributed by atoms with E-state index in [2.05, 4.69) is 235 Å². The maximum absolute atomic E-state index is 6.72. The number of para-hydroxylation sites is 2. The van der Waals surface area contributed by atoms with Gasteiger partial charge in [-0.05, 0) is 103 Å². The zero-order valence-corrected chi connectivity index (χ0v) is 34.4. The van der Waals surface area contributed by atoms with Crippen molar-refractivity contribution in [3.8, 4) is 55.6 Å². The van der Waals surface area contributed by atoms with E-state index in [1.165, 1.54) is 55.6 Å². The van der Waals surface area contributed by atoms with Crippen LogP contribution in [-0.2, 0) is 5.41 Å². The van der Waals surface area contributed by atoms with Gasteiger partial charge in [-0.3, -0.25) is 0 Å². The third kappa shape index (κ3) is 5.19. The van der Waals surface area contributed by atoms with Crippen molar-refractivity contribution >= 4 is 39.0 Å². The highest BCUT2D eigenvalue weighted by molar-refractivity contribution is 6.12. The minimum Gasteiger partial charge on any atom is -0.455 e. The van der Waals surface area contributed by atoms with Crippen LogP contribution in [0.4, 0.5) is 17.1 Å². The number of benzene rings is 10. The molecule has 2 aliphatic rings. The van der Waals surface area contributed by atoms with Gasteiger partial charge in [-0.25, -0.2) is 0 Å². The number of hydrogen-bond acceptors (Lipinski definition) is 2. The molecule has 0 aliphatic heterocycles. The van der Waals surface area contributed by atoms with Crippen molar-refractivity contribution in [1.29, 1.82) is 0 Å². The maximum atomic E-state index is 6.72. The van der Waals surface area contributed by atoms with Crippen LogP contribution in [0, 0.1) is 0 Å². The highest BCUT2D eigenvalue weighted by Crippen LogP contribution is 2.63. The van der Waals surface area contributed by atoms with E-state index in [-0.39, 0.29) is 0 Å². The molecule has 294 valence electrons. The van der Waals surface area contributed by atoms with Crippen molar-refractivity contribution in [2.75, 3.05) is 4.90 Å². The zero-order valence-electron chi connectivity index (χ0n) is 34.4. The van der Waals surface area contributed by atoms with E-state index in [0.717, 1.165) is 61.3 Å². The molecule has 1 heterocycles. The molecule has 13 rings (SSSR count). The van der Waals surface area contributed by atoms with Crippen LogP contribution in [0.2, 0.25) is 0 Å². The molecule has 10 aromatic carbocycles.